The highest BCUT2D eigenvalue weighted by Gasteiger charge is 2.03. The lowest BCUT2D eigenvalue weighted by Gasteiger charge is -1.99. The van der Waals surface area contributed by atoms with E-state index < -0.39 is 0 Å². The van der Waals surface area contributed by atoms with Gasteiger partial charge in [-0.2, -0.15) is 0 Å². The predicted octanol–water partition coefficient (Wildman–Crippen LogP) is 7.79. The molecule has 0 unspecified atom stereocenters. The van der Waals surface area contributed by atoms with Crippen LogP contribution in [-0.2, 0) is 13.1 Å². The van der Waals surface area contributed by atoms with Crippen molar-refractivity contribution in [2.75, 3.05) is 0 Å². The molecular weight excluding hydrogens is 456 g/mol. The molecule has 5 aromatic rings. The van der Waals surface area contributed by atoms with Crippen LogP contribution in [0.4, 0.5) is 0 Å². The zero-order valence-corrected chi connectivity index (χ0v) is 19.8. The summed E-state index contributed by atoms with van der Waals surface area (Å²) in [5.41, 5.74) is 13.2. The molecule has 0 amide bonds. The molecule has 6 nitrogen and oxygen atoms in total. The van der Waals surface area contributed by atoms with Crippen LogP contribution < -0.4 is 0 Å². The van der Waals surface area contributed by atoms with Crippen molar-refractivity contribution in [3.8, 4) is 23.6 Å². The summed E-state index contributed by atoms with van der Waals surface area (Å²) in [5.74, 6) is 2.53. The average Bonchev–Trinajstić information content (AvgIpc) is 3.43. The van der Waals surface area contributed by atoms with E-state index in [-0.39, 0.29) is 7.43 Å². The normalized spacial score (nSPS) is 9.05. The summed E-state index contributed by atoms with van der Waals surface area (Å²) in [6.45, 7) is 1.19. The maximum absolute atomic E-state index is 7.99. The van der Waals surface area contributed by atoms with Gasteiger partial charge in [0.1, 0.15) is 5.69 Å². The summed E-state index contributed by atoms with van der Waals surface area (Å²) in [6.07, 6.45) is 7.07. The van der Waals surface area contributed by atoms with Gasteiger partial charge in [-0.25, -0.2) is 4.68 Å². The molecule has 0 aliphatic rings. The molecule has 0 spiro atoms. The van der Waals surface area contributed by atoms with Gasteiger partial charge in [-0.1, -0.05) is 133 Å². The number of hydrogen-bond acceptors (Lipinski definition) is 3. The van der Waals surface area contributed by atoms with Gasteiger partial charge >= 0.3 is 0 Å². The van der Waals surface area contributed by atoms with Crippen molar-refractivity contribution in [3.63, 3.8) is 0 Å². The van der Waals surface area contributed by atoms with Crippen LogP contribution in [0.15, 0.2) is 133 Å². The molecule has 4 aromatic carbocycles. The van der Waals surface area contributed by atoms with Crippen molar-refractivity contribution in [2.24, 2.45) is 5.11 Å². The SMILES string of the molecule is C.C#Cc1ccccc1.[N-]=[N+]=NCc1ccccc1.c1ccc(Cn2cc(-c3ccccc3)nn2)cc1. The lowest BCUT2D eigenvalue weighted by atomic mass is 10.2. The number of azide groups is 1. The molecule has 0 bridgehead atoms. The highest BCUT2D eigenvalue weighted by Crippen LogP contribution is 2.15. The molecule has 1 heterocycles. The molecule has 184 valence electrons. The van der Waals surface area contributed by atoms with E-state index in [0.717, 1.165) is 28.9 Å². The lowest BCUT2D eigenvalue weighted by molar-refractivity contribution is 0.650. The molecule has 1 aromatic heterocycles. The van der Waals surface area contributed by atoms with Crippen LogP contribution in [0.3, 0.4) is 0 Å². The number of rotatable bonds is 5. The van der Waals surface area contributed by atoms with Crippen LogP contribution in [0.5, 0.6) is 0 Å². The summed E-state index contributed by atoms with van der Waals surface area (Å²) in [5, 5.41) is 11.8. The summed E-state index contributed by atoms with van der Waals surface area (Å²) >= 11 is 0. The molecule has 0 atom stereocenters. The largest absolute Gasteiger partial charge is 0.247 e. The summed E-state index contributed by atoms with van der Waals surface area (Å²) < 4.78 is 1.86. The monoisotopic (exact) mass is 486 g/mol. The predicted molar refractivity (Wildman–Crippen MR) is 151 cm³/mol. The highest BCUT2D eigenvalue weighted by molar-refractivity contribution is 5.57. The Morgan fingerprint density at radius 2 is 1.27 bits per heavy atom. The average molecular weight is 487 g/mol. The second-order valence-electron chi connectivity index (χ2n) is 7.54. The minimum absolute atomic E-state index is 0. The zero-order valence-electron chi connectivity index (χ0n) is 19.8. The first-order chi connectivity index (χ1) is 17.8. The Balaban J connectivity index is 0.000000215. The standard InChI is InChI=1S/C15H13N3.C8H6.C7H7N3.CH4/c1-3-7-13(8-4-1)11-18-12-15(16-17-18)14-9-5-2-6-10-14;1-2-8-6-4-3-5-7-8;8-10-9-6-7-4-2-1-3-5-7;/h1-10,12H,11H2;1,3-7H;1-5H,6H2;1H4. The Bertz CT molecular complexity index is 1370. The molecule has 0 N–H and O–H groups in total. The molecule has 37 heavy (non-hydrogen) atoms. The number of benzene rings is 4. The molecule has 0 aliphatic heterocycles. The first kappa shape index (κ1) is 28.1. The molecular formula is C31H30N6. The third-order valence-electron chi connectivity index (χ3n) is 4.90. The molecule has 5 rings (SSSR count). The van der Waals surface area contributed by atoms with Crippen LogP contribution in [0.2, 0.25) is 0 Å². The summed E-state index contributed by atoms with van der Waals surface area (Å²) in [6, 6.07) is 39.6. The van der Waals surface area contributed by atoms with Gasteiger partial charge in [0.2, 0.25) is 0 Å². The van der Waals surface area contributed by atoms with Crippen LogP contribution >= 0.6 is 0 Å². The van der Waals surface area contributed by atoms with E-state index in [4.69, 9.17) is 12.0 Å². The molecule has 0 aliphatic carbocycles. The van der Waals surface area contributed by atoms with Crippen molar-refractivity contribution >= 4 is 0 Å². The smallest absolute Gasteiger partial charge is 0.113 e. The van der Waals surface area contributed by atoms with E-state index in [0.29, 0.717) is 6.54 Å². The van der Waals surface area contributed by atoms with Crippen LogP contribution in [0, 0.1) is 12.3 Å². The first-order valence-corrected chi connectivity index (χ1v) is 11.3. The fourth-order valence-corrected chi connectivity index (χ4v) is 3.12. The van der Waals surface area contributed by atoms with Crippen molar-refractivity contribution in [3.05, 3.63) is 155 Å². The Labute approximate surface area is 218 Å². The van der Waals surface area contributed by atoms with Gasteiger partial charge in [0.05, 0.1) is 19.3 Å². The molecule has 0 radical (unpaired) electrons. The van der Waals surface area contributed by atoms with E-state index >= 15 is 0 Å². The molecule has 0 fully saturated rings. The number of nitrogens with zero attached hydrogens (tertiary/aromatic N) is 6. The number of terminal acetylenes is 1. The van der Waals surface area contributed by atoms with Crippen molar-refractivity contribution in [2.45, 2.75) is 20.5 Å². The van der Waals surface area contributed by atoms with E-state index in [9.17, 15) is 0 Å². The van der Waals surface area contributed by atoms with Crippen LogP contribution in [-0.4, -0.2) is 15.0 Å². The maximum Gasteiger partial charge on any atom is 0.113 e. The van der Waals surface area contributed by atoms with Crippen molar-refractivity contribution in [1.29, 1.82) is 0 Å². The highest BCUT2D eigenvalue weighted by atomic mass is 15.4. The Morgan fingerprint density at radius 3 is 1.78 bits per heavy atom. The minimum atomic E-state index is 0. The topological polar surface area (TPSA) is 79.5 Å². The van der Waals surface area contributed by atoms with Crippen molar-refractivity contribution < 1.29 is 0 Å². The third-order valence-corrected chi connectivity index (χ3v) is 4.90. The van der Waals surface area contributed by atoms with E-state index in [2.05, 4.69) is 38.4 Å². The van der Waals surface area contributed by atoms with Gasteiger partial charge < -0.3 is 0 Å². The van der Waals surface area contributed by atoms with E-state index in [1.54, 1.807) is 0 Å². The first-order valence-electron chi connectivity index (χ1n) is 11.3. The Hall–Kier alpha value is -5.11. The lowest BCUT2D eigenvalue weighted by Crippen LogP contribution is -1.99. The van der Waals surface area contributed by atoms with Crippen molar-refractivity contribution in [1.82, 2.24) is 15.0 Å². The minimum Gasteiger partial charge on any atom is -0.247 e. The quantitative estimate of drug-likeness (QED) is 0.110. The van der Waals surface area contributed by atoms with Gasteiger partial charge in [0.15, 0.2) is 0 Å². The Morgan fingerprint density at radius 1 is 0.757 bits per heavy atom. The van der Waals surface area contributed by atoms with Gasteiger partial charge in [0.25, 0.3) is 0 Å². The molecule has 0 saturated carbocycles. The maximum atomic E-state index is 7.99. The second-order valence-corrected chi connectivity index (χ2v) is 7.54. The third kappa shape index (κ3) is 10.4. The molecule has 0 saturated heterocycles. The Kier molecular flexibility index (Phi) is 12.5. The van der Waals surface area contributed by atoms with Gasteiger partial charge in [-0.15, -0.1) is 11.5 Å². The van der Waals surface area contributed by atoms with Gasteiger partial charge in [0, 0.05) is 16.0 Å². The van der Waals surface area contributed by atoms with E-state index in [1.165, 1.54) is 5.56 Å². The zero-order chi connectivity index (χ0) is 25.3. The number of aromatic nitrogens is 3. The fraction of sp³-hybridized carbons (Fsp3) is 0.0968. The second kappa shape index (κ2) is 16.5. The number of hydrogen-bond donors (Lipinski definition) is 0. The summed E-state index contributed by atoms with van der Waals surface area (Å²) in [7, 11) is 0. The van der Waals surface area contributed by atoms with Gasteiger partial charge in [-0.3, -0.25) is 0 Å². The van der Waals surface area contributed by atoms with Crippen LogP contribution in [0.1, 0.15) is 24.1 Å². The molecule has 6 heteroatoms. The van der Waals surface area contributed by atoms with Gasteiger partial charge in [-0.05, 0) is 28.8 Å². The fourth-order valence-electron chi connectivity index (χ4n) is 3.12. The van der Waals surface area contributed by atoms with E-state index in [1.807, 2.05) is 120 Å². The van der Waals surface area contributed by atoms with Crippen LogP contribution in [0.25, 0.3) is 21.7 Å². The summed E-state index contributed by atoms with van der Waals surface area (Å²) in [4.78, 5) is 2.66.